The highest BCUT2D eigenvalue weighted by Crippen LogP contribution is 2.55. The topological polar surface area (TPSA) is 74.8 Å². The largest absolute Gasteiger partial charge is 0.285 e. The van der Waals surface area contributed by atoms with Gasteiger partial charge in [-0.1, -0.05) is 14.9 Å². The predicted molar refractivity (Wildman–Crippen MR) is 67.6 cm³/mol. The number of likely N-dealkylation sites (tertiary alicyclic amines) is 2. The van der Waals surface area contributed by atoms with Crippen LogP contribution in [-0.2, 0) is 19.2 Å². The summed E-state index contributed by atoms with van der Waals surface area (Å²) in [5.41, 5.74) is 0. The fourth-order valence-corrected chi connectivity index (χ4v) is 3.31. The molecule has 0 aromatic heterocycles. The molecule has 3 fully saturated rings. The summed E-state index contributed by atoms with van der Waals surface area (Å²) in [6, 6.07) is 0. The van der Waals surface area contributed by atoms with Crippen LogP contribution in [0.4, 0.5) is 0 Å². The zero-order valence-electron chi connectivity index (χ0n) is 9.54. The Kier molecular flexibility index (Phi) is 3.58. The fraction of sp³-hybridized carbons (Fsp3) is 0.692. The van der Waals surface area contributed by atoms with Gasteiger partial charge in [-0.2, -0.15) is 0 Å². The van der Waals surface area contributed by atoms with Crippen LogP contribution >= 0.6 is 0 Å². The smallest absolute Gasteiger partial charge is 0.233 e. The quantitative estimate of drug-likeness (QED) is 0.633. The minimum Gasteiger partial charge on any atom is -0.285 e. The van der Waals surface area contributed by atoms with Gasteiger partial charge in [-0.3, -0.25) is 29.0 Å². The molecule has 0 radical (unpaired) electrons. The second-order valence-electron chi connectivity index (χ2n) is 4.76. The Labute approximate surface area is 112 Å². The van der Waals surface area contributed by atoms with Crippen LogP contribution in [0.15, 0.2) is 0 Å². The van der Waals surface area contributed by atoms with Crippen molar-refractivity contribution in [3.63, 3.8) is 0 Å². The van der Waals surface area contributed by atoms with Crippen molar-refractivity contribution in [3.8, 4) is 0 Å². The highest BCUT2D eigenvalue weighted by Gasteiger charge is 2.72. The van der Waals surface area contributed by atoms with Gasteiger partial charge in [-0.15, -0.1) is 0 Å². The summed E-state index contributed by atoms with van der Waals surface area (Å²) in [6.07, 6.45) is 0. The minimum atomic E-state index is -0.592. The number of nitrogens with zero attached hydrogens (tertiary/aromatic N) is 2. The highest BCUT2D eigenvalue weighted by molar-refractivity contribution is 6.17. The number of imide groups is 2. The van der Waals surface area contributed by atoms with E-state index in [9.17, 15) is 19.2 Å². The van der Waals surface area contributed by atoms with Crippen LogP contribution in [0.2, 0.25) is 0 Å². The molecule has 1 saturated carbocycles. The van der Waals surface area contributed by atoms with Gasteiger partial charge in [0.2, 0.25) is 23.6 Å². The van der Waals surface area contributed by atoms with E-state index in [1.807, 2.05) is 0 Å². The number of amides is 4. The number of hydrogen-bond acceptors (Lipinski definition) is 4. The number of carbonyl (C=O) groups is 4. The Hall–Kier alpha value is -1.72. The van der Waals surface area contributed by atoms with Crippen molar-refractivity contribution in [1.82, 2.24) is 9.80 Å². The van der Waals surface area contributed by atoms with Crippen LogP contribution in [0.1, 0.15) is 21.8 Å². The first-order valence-electron chi connectivity index (χ1n) is 5.67. The number of fused-ring (bicyclic) bond motifs is 4. The van der Waals surface area contributed by atoms with Gasteiger partial charge in [0.05, 0.1) is 23.7 Å². The maximum absolute atomic E-state index is 11.9. The monoisotopic (exact) mass is 268 g/mol. The van der Waals surface area contributed by atoms with E-state index in [0.717, 1.165) is 9.80 Å². The lowest BCUT2D eigenvalue weighted by Gasteiger charge is -2.36. The Balaban J connectivity index is 0.000000902. The van der Waals surface area contributed by atoms with E-state index >= 15 is 0 Å². The summed E-state index contributed by atoms with van der Waals surface area (Å²) >= 11 is 0. The molecule has 19 heavy (non-hydrogen) atoms. The first-order valence-corrected chi connectivity index (χ1v) is 5.67. The third-order valence-electron chi connectivity index (χ3n) is 4.20. The van der Waals surface area contributed by atoms with Crippen LogP contribution in [-0.4, -0.2) is 47.0 Å². The first kappa shape index (κ1) is 15.3. The van der Waals surface area contributed by atoms with Crippen LogP contribution < -0.4 is 0 Å². The third-order valence-corrected chi connectivity index (χ3v) is 4.20. The van der Waals surface area contributed by atoms with Gasteiger partial charge in [0.15, 0.2) is 0 Å². The number of hydrogen-bond donors (Lipinski definition) is 0. The van der Waals surface area contributed by atoms with Gasteiger partial charge in [-0.25, -0.2) is 0 Å². The lowest BCUT2D eigenvalue weighted by molar-refractivity contribution is -0.146. The Morgan fingerprint density at radius 1 is 0.789 bits per heavy atom. The fourth-order valence-electron chi connectivity index (χ4n) is 3.31. The molecule has 1 aliphatic carbocycles. The summed E-state index contributed by atoms with van der Waals surface area (Å²) in [4.78, 5) is 49.7. The molecule has 0 spiro atoms. The van der Waals surface area contributed by atoms with Gasteiger partial charge >= 0.3 is 0 Å². The molecule has 2 heterocycles. The van der Waals surface area contributed by atoms with Crippen LogP contribution in [0, 0.1) is 23.7 Å². The number of rotatable bonds is 1. The van der Waals surface area contributed by atoms with Crippen molar-refractivity contribution in [2.75, 3.05) is 13.6 Å². The predicted octanol–water partition coefficient (Wildman–Crippen LogP) is 0.124. The van der Waals surface area contributed by atoms with Crippen LogP contribution in [0.5, 0.6) is 0 Å². The van der Waals surface area contributed by atoms with Crippen molar-refractivity contribution in [3.05, 3.63) is 0 Å². The van der Waals surface area contributed by atoms with E-state index in [4.69, 9.17) is 0 Å². The molecule has 3 aliphatic rings. The van der Waals surface area contributed by atoms with Crippen molar-refractivity contribution in [1.29, 1.82) is 0 Å². The zero-order chi connectivity index (χ0) is 12.5. The second kappa shape index (κ2) is 4.43. The lowest BCUT2D eigenvalue weighted by atomic mass is 9.59. The molecule has 4 amide bonds. The van der Waals surface area contributed by atoms with Crippen molar-refractivity contribution < 1.29 is 19.2 Å². The van der Waals surface area contributed by atoms with Crippen LogP contribution in [0.25, 0.3) is 0 Å². The maximum Gasteiger partial charge on any atom is 0.233 e. The molecular formula is C13H20N2O4. The van der Waals surface area contributed by atoms with Gasteiger partial charge in [0.25, 0.3) is 0 Å². The Bertz CT molecular complexity index is 433. The van der Waals surface area contributed by atoms with E-state index < -0.39 is 23.7 Å². The molecule has 0 aromatic rings. The molecule has 3 rings (SSSR count). The summed E-state index contributed by atoms with van der Waals surface area (Å²) in [5.74, 6) is -3.58. The Morgan fingerprint density at radius 3 is 1.42 bits per heavy atom. The summed E-state index contributed by atoms with van der Waals surface area (Å²) in [5, 5.41) is 0. The van der Waals surface area contributed by atoms with E-state index in [2.05, 4.69) is 0 Å². The van der Waals surface area contributed by atoms with Gasteiger partial charge in [0.1, 0.15) is 0 Å². The summed E-state index contributed by atoms with van der Waals surface area (Å²) in [7, 11) is 1.41. The van der Waals surface area contributed by atoms with E-state index in [-0.39, 0.29) is 38.5 Å². The molecule has 2 aliphatic heterocycles. The van der Waals surface area contributed by atoms with Gasteiger partial charge in [0, 0.05) is 13.6 Å². The molecule has 4 unspecified atom stereocenters. The normalized spacial score (nSPS) is 35.5. The standard InChI is InChI=1S/C11H12N2O4.2CH4/c1-3-13-10(16)6-4-5(7(6)11(13)17)9(15)12(2)8(4)14;;/h4-7H,3H2,1-2H3;2*1H4. The first-order chi connectivity index (χ1) is 8.00. The molecule has 6 nitrogen and oxygen atoms in total. The minimum absolute atomic E-state index is 0. The van der Waals surface area contributed by atoms with E-state index in [1.54, 1.807) is 6.92 Å². The highest BCUT2D eigenvalue weighted by atomic mass is 16.2. The molecule has 0 N–H and O–H groups in total. The lowest BCUT2D eigenvalue weighted by Crippen LogP contribution is -2.50. The Morgan fingerprint density at radius 2 is 1.11 bits per heavy atom. The average molecular weight is 268 g/mol. The van der Waals surface area contributed by atoms with E-state index in [0.29, 0.717) is 6.54 Å². The molecule has 2 saturated heterocycles. The van der Waals surface area contributed by atoms with Gasteiger partial charge in [-0.05, 0) is 6.92 Å². The zero-order valence-corrected chi connectivity index (χ0v) is 9.54. The van der Waals surface area contributed by atoms with Crippen LogP contribution in [0.3, 0.4) is 0 Å². The molecule has 0 aromatic carbocycles. The molecule has 6 heteroatoms. The molecule has 0 bridgehead atoms. The van der Waals surface area contributed by atoms with Gasteiger partial charge < -0.3 is 0 Å². The second-order valence-corrected chi connectivity index (χ2v) is 4.76. The average Bonchev–Trinajstić information content (AvgIpc) is 2.54. The SMILES string of the molecule is C.C.CCN1C(=O)C2C3C(=O)N(C)C(=O)C3C2C1=O. The molecule has 106 valence electrons. The summed E-state index contributed by atoms with van der Waals surface area (Å²) < 4.78 is 0. The van der Waals surface area contributed by atoms with Crippen molar-refractivity contribution in [2.45, 2.75) is 21.8 Å². The maximum atomic E-state index is 11.9. The van der Waals surface area contributed by atoms with Crippen molar-refractivity contribution in [2.24, 2.45) is 23.7 Å². The summed E-state index contributed by atoms with van der Waals surface area (Å²) in [6.45, 7) is 2.02. The number of carbonyl (C=O) groups excluding carboxylic acids is 4. The third kappa shape index (κ3) is 1.42. The van der Waals surface area contributed by atoms with Crippen molar-refractivity contribution >= 4 is 23.6 Å². The molecule has 4 atom stereocenters. The molecular weight excluding hydrogens is 248 g/mol. The van der Waals surface area contributed by atoms with E-state index in [1.165, 1.54) is 7.05 Å².